The van der Waals surface area contributed by atoms with Gasteiger partial charge in [-0.1, -0.05) is 204 Å². The van der Waals surface area contributed by atoms with E-state index in [0.717, 1.165) is 51.4 Å². The molecule has 63 heavy (non-hydrogen) atoms. The molecule has 3 N–H and O–H groups in total. The maximum atomic E-state index is 12.2. The first-order chi connectivity index (χ1) is 30.8. The standard InChI is InChI=1S/C53H98NO8P/c1-3-5-7-9-11-13-15-17-19-21-23-24-25-26-28-29-31-33-35-37-39-41-43-45-52(56)54-47-48-61-63(58,59)62-50-51(55)49-60-53(57)46-44-42-40-38-36-34-32-30-27-22-20-18-16-14-12-10-8-6-4-2/h11,13,17-20,23-24,51,55H,3-10,12,14-16,21-22,25-50H2,1-2H3,(H,54,56)(H,58,59)/b13-11-,19-17-,20-18+,24-23-. The van der Waals surface area contributed by atoms with Crippen LogP contribution in [0.4, 0.5) is 0 Å². The Morgan fingerprint density at radius 1 is 0.492 bits per heavy atom. The molecule has 2 unspecified atom stereocenters. The van der Waals surface area contributed by atoms with E-state index in [-0.39, 0.29) is 32.1 Å². The van der Waals surface area contributed by atoms with Crippen LogP contribution in [0.2, 0.25) is 0 Å². The van der Waals surface area contributed by atoms with Gasteiger partial charge in [0.05, 0.1) is 13.2 Å². The Hall–Kier alpha value is -2.03. The lowest BCUT2D eigenvalue weighted by molar-refractivity contribution is -0.147. The van der Waals surface area contributed by atoms with Crippen molar-refractivity contribution in [3.63, 3.8) is 0 Å². The molecule has 0 spiro atoms. The average Bonchev–Trinajstić information content (AvgIpc) is 3.27. The van der Waals surface area contributed by atoms with Gasteiger partial charge in [-0.25, -0.2) is 4.57 Å². The third kappa shape index (κ3) is 50.8. The molecular weight excluding hydrogens is 810 g/mol. The molecule has 0 rings (SSSR count). The number of carbonyl (C=O) groups is 2. The first-order valence-electron chi connectivity index (χ1n) is 26.1. The van der Waals surface area contributed by atoms with E-state index in [1.54, 1.807) is 0 Å². The number of phosphoric acid groups is 1. The zero-order valence-electron chi connectivity index (χ0n) is 40.8. The Bertz CT molecular complexity index is 1170. The normalized spacial score (nSPS) is 13.5. The van der Waals surface area contributed by atoms with E-state index in [9.17, 15) is 24.2 Å². The number of amides is 1. The summed E-state index contributed by atoms with van der Waals surface area (Å²) < 4.78 is 27.0. The van der Waals surface area contributed by atoms with E-state index in [1.165, 1.54) is 167 Å². The van der Waals surface area contributed by atoms with Crippen LogP contribution >= 0.6 is 7.82 Å². The quantitative estimate of drug-likeness (QED) is 0.0238. The van der Waals surface area contributed by atoms with Crippen LogP contribution in [0.5, 0.6) is 0 Å². The number of rotatable bonds is 49. The summed E-state index contributed by atoms with van der Waals surface area (Å²) >= 11 is 0. The number of allylic oxidation sites excluding steroid dienone is 8. The fourth-order valence-electron chi connectivity index (χ4n) is 7.27. The molecule has 0 saturated carbocycles. The van der Waals surface area contributed by atoms with Gasteiger partial charge in [-0.3, -0.25) is 18.6 Å². The molecular formula is C53H98NO8P. The fourth-order valence-corrected chi connectivity index (χ4v) is 8.02. The van der Waals surface area contributed by atoms with Gasteiger partial charge in [-0.15, -0.1) is 0 Å². The Morgan fingerprint density at radius 3 is 1.33 bits per heavy atom. The molecule has 0 saturated heterocycles. The summed E-state index contributed by atoms with van der Waals surface area (Å²) in [5, 5.41) is 12.8. The number of phosphoric ester groups is 1. The van der Waals surface area contributed by atoms with E-state index in [2.05, 4.69) is 67.8 Å². The molecule has 368 valence electrons. The minimum atomic E-state index is -4.43. The van der Waals surface area contributed by atoms with Crippen molar-refractivity contribution in [3.8, 4) is 0 Å². The lowest BCUT2D eigenvalue weighted by Crippen LogP contribution is -2.27. The van der Waals surface area contributed by atoms with Crippen molar-refractivity contribution < 1.29 is 37.9 Å². The monoisotopic (exact) mass is 908 g/mol. The molecule has 10 heteroatoms. The molecule has 0 bridgehead atoms. The van der Waals surface area contributed by atoms with Gasteiger partial charge in [0.2, 0.25) is 5.91 Å². The number of hydrogen-bond acceptors (Lipinski definition) is 7. The second kappa shape index (κ2) is 49.4. The van der Waals surface area contributed by atoms with Gasteiger partial charge in [-0.05, 0) is 77.0 Å². The van der Waals surface area contributed by atoms with Crippen molar-refractivity contribution >= 4 is 19.7 Å². The minimum Gasteiger partial charge on any atom is -0.463 e. The third-order valence-electron chi connectivity index (χ3n) is 11.2. The van der Waals surface area contributed by atoms with Crippen LogP contribution in [0.3, 0.4) is 0 Å². The predicted octanol–water partition coefficient (Wildman–Crippen LogP) is 15.4. The smallest absolute Gasteiger partial charge is 0.463 e. The highest BCUT2D eigenvalue weighted by atomic mass is 31.2. The number of hydrogen-bond donors (Lipinski definition) is 3. The SMILES string of the molecule is CCCCC/C=C\C/C=C\C/C=C\CCCCCCCCCCCCC(=O)NCCOP(=O)(O)OCC(O)COC(=O)CCCCCCCCCCC/C=C/CCCCCCCC. The summed E-state index contributed by atoms with van der Waals surface area (Å²) in [4.78, 5) is 34.1. The molecule has 9 nitrogen and oxygen atoms in total. The van der Waals surface area contributed by atoms with Crippen LogP contribution in [0.15, 0.2) is 48.6 Å². The van der Waals surface area contributed by atoms with Crippen molar-refractivity contribution in [3.05, 3.63) is 48.6 Å². The van der Waals surface area contributed by atoms with E-state index in [4.69, 9.17) is 13.8 Å². The zero-order valence-corrected chi connectivity index (χ0v) is 41.7. The van der Waals surface area contributed by atoms with Gasteiger partial charge >= 0.3 is 13.8 Å². The Balaban J connectivity index is 3.56. The highest BCUT2D eigenvalue weighted by Gasteiger charge is 2.23. The summed E-state index contributed by atoms with van der Waals surface area (Å²) in [7, 11) is -4.43. The topological polar surface area (TPSA) is 131 Å². The van der Waals surface area contributed by atoms with E-state index >= 15 is 0 Å². The van der Waals surface area contributed by atoms with Crippen molar-refractivity contribution in [2.45, 2.75) is 251 Å². The summed E-state index contributed by atoms with van der Waals surface area (Å²) in [5.74, 6) is -0.517. The highest BCUT2D eigenvalue weighted by Crippen LogP contribution is 2.42. The lowest BCUT2D eigenvalue weighted by atomic mass is 10.0. The van der Waals surface area contributed by atoms with E-state index < -0.39 is 26.5 Å². The van der Waals surface area contributed by atoms with Gasteiger partial charge in [0.25, 0.3) is 0 Å². The molecule has 0 heterocycles. The molecule has 0 fully saturated rings. The van der Waals surface area contributed by atoms with Crippen molar-refractivity contribution in [2.75, 3.05) is 26.4 Å². The summed E-state index contributed by atoms with van der Waals surface area (Å²) in [6.07, 6.45) is 59.0. The lowest BCUT2D eigenvalue weighted by Gasteiger charge is -2.15. The van der Waals surface area contributed by atoms with Gasteiger partial charge in [0.1, 0.15) is 12.7 Å². The molecule has 0 aromatic carbocycles. The van der Waals surface area contributed by atoms with E-state index in [0.29, 0.717) is 6.42 Å². The number of aliphatic hydroxyl groups excluding tert-OH is 1. The van der Waals surface area contributed by atoms with Crippen molar-refractivity contribution in [1.29, 1.82) is 0 Å². The maximum Gasteiger partial charge on any atom is 0.472 e. The second-order valence-electron chi connectivity index (χ2n) is 17.5. The molecule has 1 amide bonds. The summed E-state index contributed by atoms with van der Waals surface area (Å²) in [6, 6.07) is 0. The van der Waals surface area contributed by atoms with Gasteiger partial charge in [0, 0.05) is 19.4 Å². The van der Waals surface area contributed by atoms with Crippen LogP contribution in [0.25, 0.3) is 0 Å². The zero-order chi connectivity index (χ0) is 46.0. The number of aliphatic hydroxyl groups is 1. The molecule has 0 aliphatic carbocycles. The summed E-state index contributed by atoms with van der Waals surface area (Å²) in [5.41, 5.74) is 0. The second-order valence-corrected chi connectivity index (χ2v) is 18.9. The predicted molar refractivity (Wildman–Crippen MR) is 266 cm³/mol. The fraction of sp³-hybridized carbons (Fsp3) is 0.811. The largest absolute Gasteiger partial charge is 0.472 e. The molecule has 0 aromatic rings. The van der Waals surface area contributed by atoms with Crippen LogP contribution < -0.4 is 5.32 Å². The van der Waals surface area contributed by atoms with Gasteiger partial charge < -0.3 is 20.1 Å². The Kier molecular flexibility index (Phi) is 47.8. The molecule has 0 aromatic heterocycles. The first kappa shape index (κ1) is 61.0. The number of nitrogens with one attached hydrogen (secondary N) is 1. The first-order valence-corrected chi connectivity index (χ1v) is 27.6. The van der Waals surface area contributed by atoms with Crippen LogP contribution in [-0.4, -0.2) is 54.3 Å². The van der Waals surface area contributed by atoms with Crippen LogP contribution in [-0.2, 0) is 27.9 Å². The number of esters is 1. The summed E-state index contributed by atoms with van der Waals surface area (Å²) in [6.45, 7) is 3.55. The number of unbranched alkanes of at least 4 members (excludes halogenated alkanes) is 28. The highest BCUT2D eigenvalue weighted by molar-refractivity contribution is 7.47. The maximum absolute atomic E-state index is 12.2. The molecule has 0 aliphatic rings. The molecule has 2 atom stereocenters. The Labute approximate surface area is 387 Å². The van der Waals surface area contributed by atoms with E-state index in [1.807, 2.05) is 0 Å². The molecule has 0 radical (unpaired) electrons. The van der Waals surface area contributed by atoms with Crippen molar-refractivity contribution in [1.82, 2.24) is 5.32 Å². The average molecular weight is 908 g/mol. The van der Waals surface area contributed by atoms with Gasteiger partial charge in [0.15, 0.2) is 0 Å². The number of ether oxygens (including phenoxy) is 1. The minimum absolute atomic E-state index is 0.0788. The number of carbonyl (C=O) groups excluding carboxylic acids is 2. The molecule has 0 aliphatic heterocycles. The van der Waals surface area contributed by atoms with Crippen LogP contribution in [0.1, 0.15) is 245 Å². The third-order valence-corrected chi connectivity index (χ3v) is 12.2. The van der Waals surface area contributed by atoms with Crippen LogP contribution in [0, 0.1) is 0 Å². The Morgan fingerprint density at radius 2 is 0.857 bits per heavy atom. The van der Waals surface area contributed by atoms with Gasteiger partial charge in [-0.2, -0.15) is 0 Å². The van der Waals surface area contributed by atoms with Crippen molar-refractivity contribution in [2.24, 2.45) is 0 Å².